The summed E-state index contributed by atoms with van der Waals surface area (Å²) >= 11 is 2.68. The van der Waals surface area contributed by atoms with Gasteiger partial charge in [0.2, 0.25) is 5.91 Å². The zero-order chi connectivity index (χ0) is 22.7. The van der Waals surface area contributed by atoms with E-state index in [0.29, 0.717) is 20.7 Å². The van der Waals surface area contributed by atoms with E-state index < -0.39 is 0 Å². The van der Waals surface area contributed by atoms with Crippen LogP contribution in [0.2, 0.25) is 0 Å². The van der Waals surface area contributed by atoms with Gasteiger partial charge in [-0.2, -0.15) is 0 Å². The topological polar surface area (TPSA) is 96.9 Å². The molecule has 0 saturated heterocycles. The van der Waals surface area contributed by atoms with Crippen molar-refractivity contribution in [3.63, 3.8) is 0 Å². The number of nitrogens with one attached hydrogen (secondary N) is 2. The Balaban J connectivity index is 1.46. The van der Waals surface area contributed by atoms with E-state index in [1.165, 1.54) is 29.6 Å². The number of nitrogens with zero attached hydrogens (tertiary/aromatic N) is 3. The average molecular weight is 464 g/mol. The van der Waals surface area contributed by atoms with Crippen molar-refractivity contribution < 1.29 is 9.59 Å². The van der Waals surface area contributed by atoms with Gasteiger partial charge in [-0.1, -0.05) is 30.3 Å². The van der Waals surface area contributed by atoms with E-state index in [1.807, 2.05) is 61.7 Å². The molecule has 7 nitrogen and oxygen atoms in total. The van der Waals surface area contributed by atoms with Crippen molar-refractivity contribution in [2.45, 2.75) is 26.8 Å². The van der Waals surface area contributed by atoms with Gasteiger partial charge in [-0.05, 0) is 31.5 Å². The second-order valence-corrected chi connectivity index (χ2v) is 9.04. The van der Waals surface area contributed by atoms with Crippen molar-refractivity contribution in [3.05, 3.63) is 70.2 Å². The molecule has 0 aliphatic rings. The molecule has 0 saturated carbocycles. The number of hydrogen-bond donors (Lipinski definition) is 2. The Hall–Kier alpha value is -3.43. The normalized spacial score (nSPS) is 11.7. The standard InChI is InChI=1S/C23H21N5O2S2/c1-13(25-15(3)29)16-7-9-17(10-8-16)19-12-31-23(27-19)28-21(30)20-14(2)26-22(32-20)18-6-4-5-11-24-18/h4-13H,1-3H3,(H,25,29)(H,27,28,30). The molecule has 0 aliphatic carbocycles. The van der Waals surface area contributed by atoms with Crippen LogP contribution in [0.1, 0.15) is 40.8 Å². The first kappa shape index (κ1) is 21.8. The number of aromatic nitrogens is 3. The highest BCUT2D eigenvalue weighted by Crippen LogP contribution is 2.29. The Morgan fingerprint density at radius 3 is 2.50 bits per heavy atom. The molecule has 162 valence electrons. The van der Waals surface area contributed by atoms with Gasteiger partial charge in [0.05, 0.1) is 23.1 Å². The van der Waals surface area contributed by atoms with E-state index >= 15 is 0 Å². The molecule has 0 fully saturated rings. The fourth-order valence-electron chi connectivity index (χ4n) is 3.15. The van der Waals surface area contributed by atoms with Crippen molar-refractivity contribution >= 4 is 39.6 Å². The Morgan fingerprint density at radius 1 is 1.03 bits per heavy atom. The number of carbonyl (C=O) groups is 2. The van der Waals surface area contributed by atoms with Gasteiger partial charge in [0.15, 0.2) is 5.13 Å². The Kier molecular flexibility index (Phi) is 6.38. The van der Waals surface area contributed by atoms with Gasteiger partial charge in [-0.25, -0.2) is 9.97 Å². The number of rotatable bonds is 6. The molecule has 32 heavy (non-hydrogen) atoms. The zero-order valence-electron chi connectivity index (χ0n) is 17.7. The lowest BCUT2D eigenvalue weighted by Crippen LogP contribution is -2.23. The maximum absolute atomic E-state index is 12.8. The van der Waals surface area contributed by atoms with E-state index in [0.717, 1.165) is 22.5 Å². The summed E-state index contributed by atoms with van der Waals surface area (Å²) < 4.78 is 0. The van der Waals surface area contributed by atoms with Crippen LogP contribution in [0, 0.1) is 6.92 Å². The third-order valence-corrected chi connectivity index (χ3v) is 6.67. The third kappa shape index (κ3) is 4.90. The molecule has 9 heteroatoms. The van der Waals surface area contributed by atoms with E-state index in [9.17, 15) is 9.59 Å². The zero-order valence-corrected chi connectivity index (χ0v) is 19.4. The summed E-state index contributed by atoms with van der Waals surface area (Å²) in [6, 6.07) is 13.4. The molecule has 0 spiro atoms. The molecular weight excluding hydrogens is 442 g/mol. The molecule has 0 aliphatic heterocycles. The Morgan fingerprint density at radius 2 is 1.81 bits per heavy atom. The molecule has 2 N–H and O–H groups in total. The van der Waals surface area contributed by atoms with Crippen LogP contribution in [0.15, 0.2) is 54.0 Å². The van der Waals surface area contributed by atoms with Crippen LogP contribution in [0.4, 0.5) is 5.13 Å². The van der Waals surface area contributed by atoms with Crippen molar-refractivity contribution in [1.82, 2.24) is 20.3 Å². The first-order valence-corrected chi connectivity index (χ1v) is 11.6. The van der Waals surface area contributed by atoms with Crippen LogP contribution in [-0.4, -0.2) is 26.8 Å². The van der Waals surface area contributed by atoms with Crippen LogP contribution in [0.25, 0.3) is 22.0 Å². The molecule has 1 atom stereocenters. The minimum Gasteiger partial charge on any atom is -0.350 e. The van der Waals surface area contributed by atoms with Gasteiger partial charge in [-0.15, -0.1) is 22.7 Å². The SMILES string of the molecule is CC(=O)NC(C)c1ccc(-c2csc(NC(=O)c3sc(-c4ccccn4)nc3C)n2)cc1. The van der Waals surface area contributed by atoms with E-state index in [1.54, 1.807) is 6.20 Å². The van der Waals surface area contributed by atoms with Crippen LogP contribution < -0.4 is 10.6 Å². The minimum absolute atomic E-state index is 0.0644. The smallest absolute Gasteiger partial charge is 0.269 e. The largest absolute Gasteiger partial charge is 0.350 e. The van der Waals surface area contributed by atoms with Crippen molar-refractivity contribution in [2.24, 2.45) is 0 Å². The minimum atomic E-state index is -0.234. The molecular formula is C23H21N5O2S2. The molecule has 1 aromatic carbocycles. The molecule has 2 amide bonds. The fourth-order valence-corrected chi connectivity index (χ4v) is 4.81. The number of hydrogen-bond acceptors (Lipinski definition) is 7. The lowest BCUT2D eigenvalue weighted by molar-refractivity contribution is -0.119. The summed E-state index contributed by atoms with van der Waals surface area (Å²) in [4.78, 5) is 37.9. The fraction of sp³-hybridized carbons (Fsp3) is 0.174. The lowest BCUT2D eigenvalue weighted by Gasteiger charge is -2.12. The Labute approximate surface area is 193 Å². The summed E-state index contributed by atoms with van der Waals surface area (Å²) in [5.41, 5.74) is 4.13. The van der Waals surface area contributed by atoms with Gasteiger partial charge in [0, 0.05) is 24.1 Å². The average Bonchev–Trinajstić information content (AvgIpc) is 3.41. The van der Waals surface area contributed by atoms with Gasteiger partial charge in [-0.3, -0.25) is 19.9 Å². The number of pyridine rings is 1. The number of aryl methyl sites for hydroxylation is 1. The van der Waals surface area contributed by atoms with Crippen molar-refractivity contribution in [1.29, 1.82) is 0 Å². The monoisotopic (exact) mass is 463 g/mol. The molecule has 0 bridgehead atoms. The summed E-state index contributed by atoms with van der Waals surface area (Å²) in [6.45, 7) is 5.26. The molecule has 1 unspecified atom stereocenters. The van der Waals surface area contributed by atoms with Crippen molar-refractivity contribution in [3.8, 4) is 22.0 Å². The highest BCUT2D eigenvalue weighted by Gasteiger charge is 2.18. The number of amides is 2. The van der Waals surface area contributed by atoms with Crippen LogP contribution in [0.3, 0.4) is 0 Å². The Bertz CT molecular complexity index is 1250. The maximum atomic E-state index is 12.8. The second-order valence-electron chi connectivity index (χ2n) is 7.18. The van der Waals surface area contributed by atoms with Gasteiger partial charge >= 0.3 is 0 Å². The van der Waals surface area contributed by atoms with Gasteiger partial charge in [0.1, 0.15) is 9.88 Å². The number of benzene rings is 1. The molecule has 3 aromatic heterocycles. The van der Waals surface area contributed by atoms with E-state index in [-0.39, 0.29) is 17.9 Å². The molecule has 3 heterocycles. The van der Waals surface area contributed by atoms with Gasteiger partial charge in [0.25, 0.3) is 5.91 Å². The number of anilines is 1. The summed E-state index contributed by atoms with van der Waals surface area (Å²) in [5, 5.41) is 8.88. The van der Waals surface area contributed by atoms with Gasteiger partial charge < -0.3 is 5.32 Å². The summed E-state index contributed by atoms with van der Waals surface area (Å²) in [5.74, 6) is -0.299. The highest BCUT2D eigenvalue weighted by atomic mass is 32.1. The predicted octanol–water partition coefficient (Wildman–Crippen LogP) is 5.09. The summed E-state index contributed by atoms with van der Waals surface area (Å²) in [6.07, 6.45) is 1.70. The predicted molar refractivity (Wildman–Crippen MR) is 128 cm³/mol. The molecule has 0 radical (unpaired) electrons. The number of carbonyl (C=O) groups excluding carboxylic acids is 2. The highest BCUT2D eigenvalue weighted by molar-refractivity contribution is 7.17. The molecule has 4 rings (SSSR count). The van der Waals surface area contributed by atoms with Crippen LogP contribution in [0.5, 0.6) is 0 Å². The van der Waals surface area contributed by atoms with Crippen LogP contribution >= 0.6 is 22.7 Å². The number of thiazole rings is 2. The maximum Gasteiger partial charge on any atom is 0.269 e. The summed E-state index contributed by atoms with van der Waals surface area (Å²) in [7, 11) is 0. The first-order valence-electron chi connectivity index (χ1n) is 9.94. The quantitative estimate of drug-likeness (QED) is 0.415. The lowest BCUT2D eigenvalue weighted by atomic mass is 10.1. The molecule has 4 aromatic rings. The third-order valence-electron chi connectivity index (χ3n) is 4.74. The van der Waals surface area contributed by atoms with E-state index in [4.69, 9.17) is 0 Å². The van der Waals surface area contributed by atoms with Crippen LogP contribution in [-0.2, 0) is 4.79 Å². The first-order chi connectivity index (χ1) is 15.4. The van der Waals surface area contributed by atoms with Crippen molar-refractivity contribution in [2.75, 3.05) is 5.32 Å². The van der Waals surface area contributed by atoms with E-state index in [2.05, 4.69) is 25.6 Å². The second kappa shape index (κ2) is 9.37.